The van der Waals surface area contributed by atoms with Crippen LogP contribution in [0.25, 0.3) is 33.1 Å². The molecular weight excluding hydrogens is 449 g/mol. The van der Waals surface area contributed by atoms with Gasteiger partial charge in [0.15, 0.2) is 9.84 Å². The zero-order valence-electron chi connectivity index (χ0n) is 17.7. The van der Waals surface area contributed by atoms with Crippen LogP contribution in [0.4, 0.5) is 4.39 Å². The minimum Gasteiger partial charge on any atom is -0.464 e. The molecule has 1 aliphatic heterocycles. The van der Waals surface area contributed by atoms with Crippen molar-refractivity contribution in [3.05, 3.63) is 70.0 Å². The molecule has 170 valence electrons. The third kappa shape index (κ3) is 4.04. The lowest BCUT2D eigenvalue weighted by molar-refractivity contribution is -0.121. The fourth-order valence-corrected chi connectivity index (χ4v) is 5.99. The van der Waals surface area contributed by atoms with Gasteiger partial charge >= 0.3 is 5.63 Å². The number of carbonyl (C=O) groups excluding carboxylic acids is 1. The number of sulfone groups is 1. The summed E-state index contributed by atoms with van der Waals surface area (Å²) in [6, 6.07) is 9.05. The average molecular weight is 469 g/mol. The van der Waals surface area contributed by atoms with Crippen molar-refractivity contribution in [1.29, 1.82) is 0 Å². The monoisotopic (exact) mass is 469 g/mol. The summed E-state index contributed by atoms with van der Waals surface area (Å²) in [5, 5.41) is 4.11. The van der Waals surface area contributed by atoms with Crippen molar-refractivity contribution >= 4 is 37.7 Å². The Bertz CT molecular complexity index is 1570. The molecule has 1 N–H and O–H groups in total. The van der Waals surface area contributed by atoms with Crippen LogP contribution in [0.15, 0.2) is 56.3 Å². The van der Waals surface area contributed by atoms with E-state index in [4.69, 9.17) is 8.83 Å². The second kappa shape index (κ2) is 7.84. The Kier molecular flexibility index (Phi) is 5.08. The van der Waals surface area contributed by atoms with E-state index in [1.54, 1.807) is 31.4 Å². The number of rotatable bonds is 4. The van der Waals surface area contributed by atoms with Gasteiger partial charge in [0.25, 0.3) is 0 Å². The SMILES string of the molecule is Cc1c(CC(=O)NC2CCS(=O)(=O)C2)c(=O)oc2cc3occ(-c4ccc(F)cc4)c3cc12. The second-order valence-corrected chi connectivity index (χ2v) is 10.6. The lowest BCUT2D eigenvalue weighted by Crippen LogP contribution is -2.37. The molecule has 1 saturated heterocycles. The van der Waals surface area contributed by atoms with Gasteiger partial charge in [0.05, 0.1) is 29.8 Å². The topological polar surface area (TPSA) is 107 Å². The summed E-state index contributed by atoms with van der Waals surface area (Å²) >= 11 is 0. The number of hydrogen-bond donors (Lipinski definition) is 1. The van der Waals surface area contributed by atoms with Gasteiger partial charge in [-0.1, -0.05) is 12.1 Å². The molecule has 9 heteroatoms. The van der Waals surface area contributed by atoms with E-state index < -0.39 is 27.4 Å². The highest BCUT2D eigenvalue weighted by Gasteiger charge is 2.29. The molecule has 1 amide bonds. The summed E-state index contributed by atoms with van der Waals surface area (Å²) in [5.74, 6) is -0.808. The fourth-order valence-electron chi connectivity index (χ4n) is 4.32. The number of nitrogens with one attached hydrogen (secondary N) is 1. The molecule has 0 spiro atoms. The lowest BCUT2D eigenvalue weighted by Gasteiger charge is -2.12. The molecule has 5 rings (SSSR count). The van der Waals surface area contributed by atoms with Crippen molar-refractivity contribution in [3.8, 4) is 11.1 Å². The molecule has 1 unspecified atom stereocenters. The number of fused-ring (bicyclic) bond motifs is 2. The molecule has 33 heavy (non-hydrogen) atoms. The summed E-state index contributed by atoms with van der Waals surface area (Å²) in [6.07, 6.45) is 1.72. The first kappa shape index (κ1) is 21.4. The van der Waals surface area contributed by atoms with Gasteiger partial charge in [0, 0.05) is 28.4 Å². The van der Waals surface area contributed by atoms with Crippen LogP contribution in [0.2, 0.25) is 0 Å². The lowest BCUT2D eigenvalue weighted by atomic mass is 9.99. The molecule has 0 bridgehead atoms. The van der Waals surface area contributed by atoms with Crippen molar-refractivity contribution in [1.82, 2.24) is 5.32 Å². The van der Waals surface area contributed by atoms with Crippen LogP contribution in [0.1, 0.15) is 17.5 Å². The van der Waals surface area contributed by atoms with E-state index in [1.807, 2.05) is 6.07 Å². The summed E-state index contributed by atoms with van der Waals surface area (Å²) in [5.41, 5.74) is 2.57. The van der Waals surface area contributed by atoms with Crippen molar-refractivity contribution < 1.29 is 26.4 Å². The van der Waals surface area contributed by atoms with Crippen LogP contribution in [0.5, 0.6) is 0 Å². The minimum atomic E-state index is -3.13. The standard InChI is InChI=1S/C24H20FNO6S/c1-13-17-8-19-20(14-2-4-15(25)5-3-14)11-31-21(19)10-22(17)32-24(28)18(13)9-23(27)26-16-6-7-33(29,30)12-16/h2-5,8,10-11,16H,6-7,9,12H2,1H3,(H,26,27). The van der Waals surface area contributed by atoms with Crippen molar-refractivity contribution in [2.75, 3.05) is 11.5 Å². The highest BCUT2D eigenvalue weighted by atomic mass is 32.2. The zero-order chi connectivity index (χ0) is 23.3. The summed E-state index contributed by atoms with van der Waals surface area (Å²) in [6.45, 7) is 1.74. The van der Waals surface area contributed by atoms with Crippen LogP contribution in [-0.4, -0.2) is 31.9 Å². The Morgan fingerprint density at radius 2 is 1.91 bits per heavy atom. The molecule has 1 aliphatic rings. The summed E-state index contributed by atoms with van der Waals surface area (Å²) < 4.78 is 47.7. The third-order valence-electron chi connectivity index (χ3n) is 6.07. The maximum absolute atomic E-state index is 13.3. The van der Waals surface area contributed by atoms with Crippen LogP contribution in [0.3, 0.4) is 0 Å². The molecule has 3 heterocycles. The molecule has 0 radical (unpaired) electrons. The predicted molar refractivity (Wildman–Crippen MR) is 121 cm³/mol. The fraction of sp³-hybridized carbons (Fsp3) is 0.250. The Morgan fingerprint density at radius 1 is 1.15 bits per heavy atom. The maximum atomic E-state index is 13.3. The molecule has 7 nitrogen and oxygen atoms in total. The predicted octanol–water partition coefficient (Wildman–Crippen LogP) is 3.50. The molecule has 0 aliphatic carbocycles. The molecule has 1 atom stereocenters. The highest BCUT2D eigenvalue weighted by Crippen LogP contribution is 2.34. The smallest absolute Gasteiger partial charge is 0.340 e. The number of hydrogen-bond acceptors (Lipinski definition) is 6. The van der Waals surface area contributed by atoms with E-state index >= 15 is 0 Å². The highest BCUT2D eigenvalue weighted by molar-refractivity contribution is 7.91. The van der Waals surface area contributed by atoms with Gasteiger partial charge in [-0.15, -0.1) is 0 Å². The van der Waals surface area contributed by atoms with E-state index in [0.29, 0.717) is 28.5 Å². The van der Waals surface area contributed by atoms with E-state index in [0.717, 1.165) is 16.5 Å². The number of amides is 1. The van der Waals surface area contributed by atoms with Gasteiger partial charge in [-0.05, 0) is 42.7 Å². The van der Waals surface area contributed by atoms with E-state index in [-0.39, 0.29) is 29.3 Å². The van der Waals surface area contributed by atoms with E-state index in [1.165, 1.54) is 12.1 Å². The number of benzene rings is 2. The zero-order valence-corrected chi connectivity index (χ0v) is 18.5. The average Bonchev–Trinajstić information content (AvgIpc) is 3.32. The first-order chi connectivity index (χ1) is 15.7. The Balaban J connectivity index is 1.51. The van der Waals surface area contributed by atoms with Crippen LogP contribution >= 0.6 is 0 Å². The third-order valence-corrected chi connectivity index (χ3v) is 7.84. The van der Waals surface area contributed by atoms with Gasteiger partial charge in [-0.25, -0.2) is 17.6 Å². The number of furan rings is 1. The van der Waals surface area contributed by atoms with E-state index in [9.17, 15) is 22.4 Å². The Hall–Kier alpha value is -3.46. The minimum absolute atomic E-state index is 0.0478. The van der Waals surface area contributed by atoms with Gasteiger partial charge in [0.1, 0.15) is 17.0 Å². The van der Waals surface area contributed by atoms with Crippen molar-refractivity contribution in [2.45, 2.75) is 25.8 Å². The number of carbonyl (C=O) groups is 1. The van der Waals surface area contributed by atoms with Crippen LogP contribution in [-0.2, 0) is 21.1 Å². The van der Waals surface area contributed by atoms with Crippen LogP contribution < -0.4 is 10.9 Å². The van der Waals surface area contributed by atoms with E-state index in [2.05, 4.69) is 5.32 Å². The van der Waals surface area contributed by atoms with Crippen molar-refractivity contribution in [2.24, 2.45) is 0 Å². The molecular formula is C24H20FNO6S. The molecule has 0 saturated carbocycles. The molecule has 1 fully saturated rings. The largest absolute Gasteiger partial charge is 0.464 e. The van der Waals surface area contributed by atoms with Crippen molar-refractivity contribution in [3.63, 3.8) is 0 Å². The molecule has 2 aromatic heterocycles. The van der Waals surface area contributed by atoms with Gasteiger partial charge in [0.2, 0.25) is 5.91 Å². The molecule has 2 aromatic carbocycles. The van der Waals surface area contributed by atoms with Crippen LogP contribution in [0, 0.1) is 12.7 Å². The van der Waals surface area contributed by atoms with Gasteiger partial charge in [-0.3, -0.25) is 4.79 Å². The first-order valence-electron chi connectivity index (χ1n) is 10.4. The van der Waals surface area contributed by atoms with Gasteiger partial charge in [-0.2, -0.15) is 0 Å². The quantitative estimate of drug-likeness (QED) is 0.459. The summed E-state index contributed by atoms with van der Waals surface area (Å²) in [4.78, 5) is 25.1. The molecule has 4 aromatic rings. The second-order valence-electron chi connectivity index (χ2n) is 8.34. The maximum Gasteiger partial charge on any atom is 0.340 e. The number of aryl methyl sites for hydroxylation is 1. The number of halogens is 1. The normalized spacial score (nSPS) is 17.6. The summed E-state index contributed by atoms with van der Waals surface area (Å²) in [7, 11) is -3.13. The first-order valence-corrected chi connectivity index (χ1v) is 12.3. The Morgan fingerprint density at radius 3 is 2.61 bits per heavy atom. The van der Waals surface area contributed by atoms with Gasteiger partial charge < -0.3 is 14.2 Å². The Labute approximate surface area is 188 Å².